The molecule has 0 spiro atoms. The molecule has 1 aromatic carbocycles. The fraction of sp³-hybridized carbons (Fsp3) is 0.286. The number of nitrogens with one attached hydrogen (secondary N) is 1. The van der Waals surface area contributed by atoms with Gasteiger partial charge in [0.05, 0.1) is 0 Å². The monoisotopic (exact) mass is 291 g/mol. The number of rotatable bonds is 5. The minimum Gasteiger partial charge on any atom is -0.393 e. The number of halogens is 1. The molecular formula is C14H18ClN5. The van der Waals surface area contributed by atoms with Gasteiger partial charge in [0.25, 0.3) is 0 Å². The number of hydrogen-bond donors (Lipinski definition) is 2. The SMILES string of the molecule is CCN(CC)c1ccc(Nc2ncnc(Cl)c2N)cc1. The van der Waals surface area contributed by atoms with Crippen LogP contribution in [-0.2, 0) is 0 Å². The minimum atomic E-state index is 0.252. The van der Waals surface area contributed by atoms with Crippen molar-refractivity contribution in [2.45, 2.75) is 13.8 Å². The molecule has 0 aliphatic carbocycles. The zero-order chi connectivity index (χ0) is 14.5. The van der Waals surface area contributed by atoms with Crippen LogP contribution in [0.15, 0.2) is 30.6 Å². The Hall–Kier alpha value is -2.01. The summed E-state index contributed by atoms with van der Waals surface area (Å²) >= 11 is 5.86. The summed E-state index contributed by atoms with van der Waals surface area (Å²) in [6.45, 7) is 6.24. The lowest BCUT2D eigenvalue weighted by Gasteiger charge is -2.21. The number of aromatic nitrogens is 2. The van der Waals surface area contributed by atoms with Crippen LogP contribution in [0.25, 0.3) is 0 Å². The van der Waals surface area contributed by atoms with Crippen LogP contribution >= 0.6 is 11.6 Å². The van der Waals surface area contributed by atoms with Crippen molar-refractivity contribution in [1.29, 1.82) is 0 Å². The normalized spacial score (nSPS) is 10.3. The molecule has 0 bridgehead atoms. The summed E-state index contributed by atoms with van der Waals surface area (Å²) in [5, 5.41) is 3.39. The molecule has 0 fully saturated rings. The maximum Gasteiger partial charge on any atom is 0.158 e. The topological polar surface area (TPSA) is 67.1 Å². The van der Waals surface area contributed by atoms with E-state index in [2.05, 4.69) is 46.2 Å². The van der Waals surface area contributed by atoms with Crippen molar-refractivity contribution >= 4 is 34.5 Å². The quantitative estimate of drug-likeness (QED) is 0.827. The molecule has 5 nitrogen and oxygen atoms in total. The summed E-state index contributed by atoms with van der Waals surface area (Å²) in [6, 6.07) is 8.11. The fourth-order valence-corrected chi connectivity index (χ4v) is 2.09. The van der Waals surface area contributed by atoms with Crippen LogP contribution in [0.3, 0.4) is 0 Å². The highest BCUT2D eigenvalue weighted by Gasteiger charge is 2.07. The average molecular weight is 292 g/mol. The molecule has 0 unspecified atom stereocenters. The largest absolute Gasteiger partial charge is 0.393 e. The molecule has 20 heavy (non-hydrogen) atoms. The van der Waals surface area contributed by atoms with E-state index in [1.165, 1.54) is 12.0 Å². The van der Waals surface area contributed by atoms with E-state index < -0.39 is 0 Å². The summed E-state index contributed by atoms with van der Waals surface area (Å²) in [5.41, 5.74) is 8.27. The number of benzene rings is 1. The van der Waals surface area contributed by atoms with Crippen LogP contribution in [0, 0.1) is 0 Å². The van der Waals surface area contributed by atoms with Gasteiger partial charge >= 0.3 is 0 Å². The Morgan fingerprint density at radius 1 is 1.15 bits per heavy atom. The fourth-order valence-electron chi connectivity index (χ4n) is 1.95. The van der Waals surface area contributed by atoms with Crippen LogP contribution in [0.4, 0.5) is 22.9 Å². The van der Waals surface area contributed by atoms with Gasteiger partial charge in [-0.15, -0.1) is 0 Å². The highest BCUT2D eigenvalue weighted by Crippen LogP contribution is 2.26. The zero-order valence-corrected chi connectivity index (χ0v) is 12.4. The third kappa shape index (κ3) is 3.11. The first-order valence-electron chi connectivity index (χ1n) is 6.53. The molecule has 1 aromatic heterocycles. The third-order valence-electron chi connectivity index (χ3n) is 3.09. The van der Waals surface area contributed by atoms with Gasteiger partial charge in [-0.05, 0) is 38.1 Å². The number of nitrogens with two attached hydrogens (primary N) is 1. The lowest BCUT2D eigenvalue weighted by molar-refractivity contribution is 0.866. The Bertz CT molecular complexity index is 566. The van der Waals surface area contributed by atoms with Gasteiger partial charge in [0, 0.05) is 24.5 Å². The molecule has 0 atom stereocenters. The van der Waals surface area contributed by atoms with Crippen LogP contribution in [0.2, 0.25) is 5.15 Å². The number of nitrogens with zero attached hydrogens (tertiary/aromatic N) is 3. The van der Waals surface area contributed by atoms with E-state index in [0.717, 1.165) is 18.8 Å². The first-order valence-corrected chi connectivity index (χ1v) is 6.91. The molecular weight excluding hydrogens is 274 g/mol. The minimum absolute atomic E-state index is 0.252. The van der Waals surface area contributed by atoms with E-state index in [0.29, 0.717) is 11.5 Å². The summed E-state index contributed by atoms with van der Waals surface area (Å²) in [7, 11) is 0. The van der Waals surface area contributed by atoms with E-state index in [4.69, 9.17) is 17.3 Å². The number of anilines is 4. The van der Waals surface area contributed by atoms with Crippen LogP contribution in [0.1, 0.15) is 13.8 Å². The summed E-state index contributed by atoms with van der Waals surface area (Å²) in [5.74, 6) is 0.514. The molecule has 6 heteroatoms. The van der Waals surface area contributed by atoms with E-state index in [1.807, 2.05) is 12.1 Å². The molecule has 106 valence electrons. The van der Waals surface area contributed by atoms with Crippen molar-refractivity contribution in [3.8, 4) is 0 Å². The van der Waals surface area contributed by atoms with Crippen molar-refractivity contribution in [3.05, 3.63) is 35.7 Å². The summed E-state index contributed by atoms with van der Waals surface area (Å²) < 4.78 is 0. The number of hydrogen-bond acceptors (Lipinski definition) is 5. The highest BCUT2D eigenvalue weighted by atomic mass is 35.5. The van der Waals surface area contributed by atoms with Crippen LogP contribution in [0.5, 0.6) is 0 Å². The maximum atomic E-state index is 5.86. The van der Waals surface area contributed by atoms with Crippen molar-refractivity contribution in [2.75, 3.05) is 29.0 Å². The molecule has 0 amide bonds. The van der Waals surface area contributed by atoms with Gasteiger partial charge in [0.2, 0.25) is 0 Å². The van der Waals surface area contributed by atoms with Gasteiger partial charge in [-0.25, -0.2) is 9.97 Å². The lowest BCUT2D eigenvalue weighted by atomic mass is 10.2. The second-order valence-corrected chi connectivity index (χ2v) is 4.63. The van der Waals surface area contributed by atoms with Gasteiger partial charge in [-0.3, -0.25) is 0 Å². The Morgan fingerprint density at radius 3 is 2.40 bits per heavy atom. The average Bonchev–Trinajstić information content (AvgIpc) is 2.47. The lowest BCUT2D eigenvalue weighted by Crippen LogP contribution is -2.21. The van der Waals surface area contributed by atoms with Gasteiger partial charge in [-0.1, -0.05) is 11.6 Å². The molecule has 1 heterocycles. The van der Waals surface area contributed by atoms with Crippen molar-refractivity contribution < 1.29 is 0 Å². The molecule has 2 rings (SSSR count). The van der Waals surface area contributed by atoms with E-state index >= 15 is 0 Å². The predicted octanol–water partition coefficient (Wildman–Crippen LogP) is 3.30. The van der Waals surface area contributed by atoms with Crippen molar-refractivity contribution in [1.82, 2.24) is 9.97 Å². The van der Waals surface area contributed by atoms with Crippen molar-refractivity contribution in [3.63, 3.8) is 0 Å². The first-order chi connectivity index (χ1) is 9.65. The molecule has 2 aromatic rings. The van der Waals surface area contributed by atoms with E-state index in [1.54, 1.807) is 0 Å². The van der Waals surface area contributed by atoms with Crippen molar-refractivity contribution in [2.24, 2.45) is 0 Å². The Balaban J connectivity index is 2.17. The first kappa shape index (κ1) is 14.4. The van der Waals surface area contributed by atoms with E-state index in [-0.39, 0.29) is 5.15 Å². The Labute approximate surface area is 123 Å². The molecule has 0 radical (unpaired) electrons. The highest BCUT2D eigenvalue weighted by molar-refractivity contribution is 6.32. The van der Waals surface area contributed by atoms with Gasteiger partial charge in [-0.2, -0.15) is 0 Å². The standard InChI is InChI=1S/C14H18ClN5/c1-3-20(4-2)11-7-5-10(6-8-11)19-14-12(16)13(15)17-9-18-14/h5-9H,3-4,16H2,1-2H3,(H,17,18,19). The van der Waals surface area contributed by atoms with E-state index in [9.17, 15) is 0 Å². The van der Waals surface area contributed by atoms with Crippen LogP contribution in [-0.4, -0.2) is 23.1 Å². The van der Waals surface area contributed by atoms with Gasteiger partial charge < -0.3 is 16.0 Å². The van der Waals surface area contributed by atoms with Gasteiger partial charge in [0.15, 0.2) is 11.0 Å². The summed E-state index contributed by atoms with van der Waals surface area (Å²) in [4.78, 5) is 10.2. The maximum absolute atomic E-state index is 5.86. The predicted molar refractivity (Wildman–Crippen MR) is 84.7 cm³/mol. The second kappa shape index (κ2) is 6.43. The molecule has 0 aliphatic rings. The summed E-state index contributed by atoms with van der Waals surface area (Å²) in [6.07, 6.45) is 1.38. The second-order valence-electron chi connectivity index (χ2n) is 4.27. The van der Waals surface area contributed by atoms with Crippen LogP contribution < -0.4 is 16.0 Å². The Kier molecular flexibility index (Phi) is 4.63. The third-order valence-corrected chi connectivity index (χ3v) is 3.40. The molecule has 0 saturated carbocycles. The smallest absolute Gasteiger partial charge is 0.158 e. The Morgan fingerprint density at radius 2 is 1.80 bits per heavy atom. The molecule has 0 saturated heterocycles. The zero-order valence-electron chi connectivity index (χ0n) is 11.6. The molecule has 0 aliphatic heterocycles. The van der Waals surface area contributed by atoms with Gasteiger partial charge in [0.1, 0.15) is 12.0 Å². The molecule has 3 N–H and O–H groups in total. The number of nitrogen functional groups attached to an aromatic ring is 1.